The summed E-state index contributed by atoms with van der Waals surface area (Å²) in [6.45, 7) is 3.16. The average molecular weight is 279 g/mol. The van der Waals surface area contributed by atoms with Gasteiger partial charge < -0.3 is 10.6 Å². The molecule has 0 aromatic heterocycles. The Balaban J connectivity index is 1.86. The lowest BCUT2D eigenvalue weighted by atomic mass is 9.85. The predicted molar refractivity (Wildman–Crippen MR) is 81.8 cm³/mol. The van der Waals surface area contributed by atoms with Crippen molar-refractivity contribution in [1.29, 1.82) is 0 Å². The first-order valence-corrected chi connectivity index (χ1v) is 7.86. The molecular formula is C16H23ClN2. The zero-order valence-electron chi connectivity index (χ0n) is 11.6. The standard InChI is InChI=1S/C16H23ClN2/c1-11(18)13-6-7-16(14(17)10-13)19-9-8-12-4-2-3-5-15(12)19/h6-7,10-12,15H,2-5,8-9,18H2,1H3/t11-,12?,15?/m0/s1. The van der Waals surface area contributed by atoms with Crippen LogP contribution in [0.1, 0.15) is 50.6 Å². The third kappa shape index (κ3) is 2.48. The van der Waals surface area contributed by atoms with Gasteiger partial charge in [-0.25, -0.2) is 0 Å². The Kier molecular flexibility index (Phi) is 3.72. The summed E-state index contributed by atoms with van der Waals surface area (Å²) in [6, 6.07) is 7.09. The van der Waals surface area contributed by atoms with Gasteiger partial charge in [0.15, 0.2) is 0 Å². The molecule has 3 heteroatoms. The fourth-order valence-electron chi connectivity index (χ4n) is 3.74. The fraction of sp³-hybridized carbons (Fsp3) is 0.625. The molecule has 0 spiro atoms. The van der Waals surface area contributed by atoms with Crippen LogP contribution in [-0.2, 0) is 0 Å². The summed E-state index contributed by atoms with van der Waals surface area (Å²) in [6.07, 6.45) is 6.84. The Hall–Kier alpha value is -0.730. The number of nitrogens with zero attached hydrogens (tertiary/aromatic N) is 1. The molecule has 3 rings (SSSR count). The Morgan fingerprint density at radius 1 is 1.26 bits per heavy atom. The topological polar surface area (TPSA) is 29.3 Å². The number of anilines is 1. The third-order valence-corrected chi connectivity index (χ3v) is 5.12. The van der Waals surface area contributed by atoms with Crippen molar-refractivity contribution in [2.24, 2.45) is 11.7 Å². The molecule has 0 bridgehead atoms. The van der Waals surface area contributed by atoms with E-state index in [1.165, 1.54) is 37.8 Å². The molecule has 1 saturated carbocycles. The fourth-order valence-corrected chi connectivity index (χ4v) is 4.04. The van der Waals surface area contributed by atoms with Gasteiger partial charge in [0, 0.05) is 18.6 Å². The summed E-state index contributed by atoms with van der Waals surface area (Å²) >= 11 is 6.49. The van der Waals surface area contributed by atoms with E-state index in [9.17, 15) is 0 Å². The number of hydrogen-bond donors (Lipinski definition) is 1. The third-order valence-electron chi connectivity index (χ3n) is 4.82. The van der Waals surface area contributed by atoms with E-state index in [1.54, 1.807) is 0 Å². The van der Waals surface area contributed by atoms with Crippen molar-refractivity contribution in [2.75, 3.05) is 11.4 Å². The smallest absolute Gasteiger partial charge is 0.0642 e. The molecule has 2 aliphatic rings. The Morgan fingerprint density at radius 3 is 2.79 bits per heavy atom. The number of fused-ring (bicyclic) bond motifs is 1. The van der Waals surface area contributed by atoms with Crippen LogP contribution in [0.3, 0.4) is 0 Å². The lowest BCUT2D eigenvalue weighted by molar-refractivity contribution is 0.342. The van der Waals surface area contributed by atoms with Gasteiger partial charge in [0.05, 0.1) is 10.7 Å². The first kappa shape index (κ1) is 13.3. The second-order valence-corrected chi connectivity index (χ2v) is 6.50. The molecular weight excluding hydrogens is 256 g/mol. The van der Waals surface area contributed by atoms with Gasteiger partial charge in [-0.3, -0.25) is 0 Å². The van der Waals surface area contributed by atoms with Gasteiger partial charge in [-0.2, -0.15) is 0 Å². The summed E-state index contributed by atoms with van der Waals surface area (Å²) in [5.74, 6) is 0.887. The molecule has 0 radical (unpaired) electrons. The molecule has 1 aromatic carbocycles. The second kappa shape index (κ2) is 5.34. The van der Waals surface area contributed by atoms with Crippen LogP contribution < -0.4 is 10.6 Å². The average Bonchev–Trinajstić information content (AvgIpc) is 2.82. The summed E-state index contributed by atoms with van der Waals surface area (Å²) in [5, 5.41) is 0.862. The quantitative estimate of drug-likeness (QED) is 0.881. The molecule has 1 saturated heterocycles. The van der Waals surface area contributed by atoms with Crippen LogP contribution in [0.5, 0.6) is 0 Å². The van der Waals surface area contributed by atoms with Crippen LogP contribution in [0.2, 0.25) is 5.02 Å². The monoisotopic (exact) mass is 278 g/mol. The molecule has 2 nitrogen and oxygen atoms in total. The van der Waals surface area contributed by atoms with Crippen LogP contribution in [0.15, 0.2) is 18.2 Å². The van der Waals surface area contributed by atoms with Crippen molar-refractivity contribution in [1.82, 2.24) is 0 Å². The predicted octanol–water partition coefficient (Wildman–Crippen LogP) is 4.13. The van der Waals surface area contributed by atoms with Crippen LogP contribution in [-0.4, -0.2) is 12.6 Å². The van der Waals surface area contributed by atoms with Gasteiger partial charge in [-0.05, 0) is 49.8 Å². The molecule has 19 heavy (non-hydrogen) atoms. The normalized spacial score (nSPS) is 28.3. The van der Waals surface area contributed by atoms with Crippen molar-refractivity contribution in [2.45, 2.75) is 51.1 Å². The van der Waals surface area contributed by atoms with Crippen molar-refractivity contribution < 1.29 is 0 Å². The maximum Gasteiger partial charge on any atom is 0.0642 e. The maximum absolute atomic E-state index is 6.49. The minimum absolute atomic E-state index is 0.0487. The second-order valence-electron chi connectivity index (χ2n) is 6.09. The van der Waals surface area contributed by atoms with Crippen LogP contribution in [0, 0.1) is 5.92 Å². The van der Waals surface area contributed by atoms with E-state index in [-0.39, 0.29) is 6.04 Å². The summed E-state index contributed by atoms with van der Waals surface area (Å²) < 4.78 is 0. The van der Waals surface area contributed by atoms with Crippen molar-refractivity contribution >= 4 is 17.3 Å². The largest absolute Gasteiger partial charge is 0.367 e. The number of rotatable bonds is 2. The van der Waals surface area contributed by atoms with Crippen LogP contribution in [0.25, 0.3) is 0 Å². The number of benzene rings is 1. The minimum Gasteiger partial charge on any atom is -0.367 e. The van der Waals surface area contributed by atoms with Gasteiger partial charge in [-0.1, -0.05) is 30.5 Å². The molecule has 0 amide bonds. The van der Waals surface area contributed by atoms with Gasteiger partial charge in [-0.15, -0.1) is 0 Å². The highest BCUT2D eigenvalue weighted by Gasteiger charge is 2.36. The van der Waals surface area contributed by atoms with Gasteiger partial charge in [0.1, 0.15) is 0 Å². The first-order valence-electron chi connectivity index (χ1n) is 7.48. The Labute approximate surface area is 120 Å². The molecule has 2 unspecified atom stereocenters. The van der Waals surface area contributed by atoms with Gasteiger partial charge >= 0.3 is 0 Å². The van der Waals surface area contributed by atoms with Crippen molar-refractivity contribution in [3.8, 4) is 0 Å². The zero-order valence-corrected chi connectivity index (χ0v) is 12.4. The van der Waals surface area contributed by atoms with E-state index in [2.05, 4.69) is 17.0 Å². The molecule has 1 aliphatic heterocycles. The number of nitrogens with two attached hydrogens (primary N) is 1. The summed E-state index contributed by atoms with van der Waals surface area (Å²) in [7, 11) is 0. The van der Waals surface area contributed by atoms with E-state index >= 15 is 0 Å². The maximum atomic E-state index is 6.49. The van der Waals surface area contributed by atoms with Crippen LogP contribution in [0.4, 0.5) is 5.69 Å². The first-order chi connectivity index (χ1) is 9.16. The molecule has 1 heterocycles. The van der Waals surface area contributed by atoms with E-state index in [0.717, 1.165) is 23.0 Å². The van der Waals surface area contributed by atoms with E-state index in [4.69, 9.17) is 17.3 Å². The molecule has 1 aromatic rings. The van der Waals surface area contributed by atoms with Crippen LogP contribution >= 0.6 is 11.6 Å². The Morgan fingerprint density at radius 2 is 2.05 bits per heavy atom. The van der Waals surface area contributed by atoms with E-state index in [1.807, 2.05) is 13.0 Å². The Bertz CT molecular complexity index is 458. The zero-order chi connectivity index (χ0) is 13.4. The number of halogens is 1. The van der Waals surface area contributed by atoms with E-state index < -0.39 is 0 Å². The lowest BCUT2D eigenvalue weighted by Gasteiger charge is -2.33. The highest BCUT2D eigenvalue weighted by Crippen LogP contribution is 2.41. The molecule has 2 fully saturated rings. The number of hydrogen-bond acceptors (Lipinski definition) is 2. The van der Waals surface area contributed by atoms with Crippen molar-refractivity contribution in [3.63, 3.8) is 0 Å². The molecule has 104 valence electrons. The molecule has 3 atom stereocenters. The van der Waals surface area contributed by atoms with Crippen molar-refractivity contribution in [3.05, 3.63) is 28.8 Å². The summed E-state index contributed by atoms with van der Waals surface area (Å²) in [5.41, 5.74) is 8.25. The van der Waals surface area contributed by atoms with E-state index in [0.29, 0.717) is 6.04 Å². The minimum atomic E-state index is 0.0487. The van der Waals surface area contributed by atoms with Gasteiger partial charge in [0.2, 0.25) is 0 Å². The highest BCUT2D eigenvalue weighted by atomic mass is 35.5. The summed E-state index contributed by atoms with van der Waals surface area (Å²) in [4.78, 5) is 2.54. The van der Waals surface area contributed by atoms with Gasteiger partial charge in [0.25, 0.3) is 0 Å². The molecule has 1 aliphatic carbocycles. The SMILES string of the molecule is C[C@H](N)c1ccc(N2CCC3CCCCC32)c(Cl)c1. The lowest BCUT2D eigenvalue weighted by Crippen LogP contribution is -2.34. The molecule has 2 N–H and O–H groups in total. The highest BCUT2D eigenvalue weighted by molar-refractivity contribution is 6.33.